The molecule has 1 atom stereocenters. The normalized spacial score (nSPS) is 17.8. The molecule has 0 radical (unpaired) electrons. The van der Waals surface area contributed by atoms with Crippen LogP contribution in [0, 0.1) is 5.92 Å². The van der Waals surface area contributed by atoms with Crippen LogP contribution in [0.25, 0.3) is 11.3 Å². The predicted octanol–water partition coefficient (Wildman–Crippen LogP) is 4.10. The largest absolute Gasteiger partial charge is 0.378 e. The number of rotatable bonds is 7. The van der Waals surface area contributed by atoms with Crippen molar-refractivity contribution in [3.05, 3.63) is 71.0 Å². The zero-order valence-electron chi connectivity index (χ0n) is 22.3. The molecule has 206 valence electrons. The van der Waals surface area contributed by atoms with E-state index in [1.807, 2.05) is 36.4 Å². The van der Waals surface area contributed by atoms with Gasteiger partial charge in [-0.1, -0.05) is 30.3 Å². The average molecular weight is 551 g/mol. The number of morpholine rings is 1. The van der Waals surface area contributed by atoms with Crippen LogP contribution in [0.4, 0.5) is 10.6 Å². The Balaban J connectivity index is 1.49. The third-order valence-electron chi connectivity index (χ3n) is 7.42. The molecule has 0 spiro atoms. The van der Waals surface area contributed by atoms with E-state index in [1.54, 1.807) is 31.0 Å². The van der Waals surface area contributed by atoms with Crippen molar-refractivity contribution in [1.82, 2.24) is 14.9 Å². The molecule has 2 N–H and O–H groups in total. The molecule has 2 amide bonds. The van der Waals surface area contributed by atoms with Crippen LogP contribution in [0.15, 0.2) is 48.7 Å². The first-order valence-electron chi connectivity index (χ1n) is 13.3. The number of carbonyl (C=O) groups is 2. The topological polar surface area (TPSA) is 121 Å². The molecule has 39 heavy (non-hydrogen) atoms. The fourth-order valence-corrected chi connectivity index (χ4v) is 6.56. The third kappa shape index (κ3) is 6.07. The van der Waals surface area contributed by atoms with E-state index in [0.717, 1.165) is 28.1 Å². The van der Waals surface area contributed by atoms with Gasteiger partial charge in [0.2, 0.25) is 0 Å². The molecule has 3 heterocycles. The molecule has 1 unspecified atom stereocenters. The number of urea groups is 1. The minimum atomic E-state index is -3.28. The summed E-state index contributed by atoms with van der Waals surface area (Å²) in [5, 5.41) is 2.40. The maximum absolute atomic E-state index is 13.5. The minimum Gasteiger partial charge on any atom is -0.378 e. The maximum Gasteiger partial charge on any atom is 0.323 e. The summed E-state index contributed by atoms with van der Waals surface area (Å²) in [4.78, 5) is 35.7. The number of carbonyl (C=O) groups excluding carboxylic acids is 2. The highest BCUT2D eigenvalue weighted by atomic mass is 32.2. The second-order valence-corrected chi connectivity index (χ2v) is 13.1. The van der Waals surface area contributed by atoms with Gasteiger partial charge in [-0.3, -0.25) is 10.1 Å². The highest BCUT2D eigenvalue weighted by molar-refractivity contribution is 7.91. The molecule has 10 heteroatoms. The zero-order valence-corrected chi connectivity index (χ0v) is 23.1. The van der Waals surface area contributed by atoms with E-state index in [9.17, 15) is 18.0 Å². The number of amides is 2. The van der Waals surface area contributed by atoms with Crippen molar-refractivity contribution in [2.24, 2.45) is 5.92 Å². The van der Waals surface area contributed by atoms with Crippen molar-refractivity contribution in [2.75, 3.05) is 37.4 Å². The number of H-pyrrole nitrogens is 1. The van der Waals surface area contributed by atoms with Crippen molar-refractivity contribution >= 4 is 27.5 Å². The van der Waals surface area contributed by atoms with Gasteiger partial charge in [0.15, 0.2) is 15.6 Å². The number of sulfone groups is 1. The number of nitrogens with zero attached hydrogens (tertiary/aromatic N) is 2. The van der Waals surface area contributed by atoms with Crippen LogP contribution < -0.4 is 5.32 Å². The molecule has 1 aromatic carbocycles. The number of nitrogens with one attached hydrogen (secondary N) is 2. The Labute approximate surface area is 228 Å². The quantitative estimate of drug-likeness (QED) is 0.457. The molecule has 0 bridgehead atoms. The Morgan fingerprint density at radius 1 is 1.15 bits per heavy atom. The van der Waals surface area contributed by atoms with Gasteiger partial charge in [0.25, 0.3) is 0 Å². The molecule has 2 aromatic heterocycles. The summed E-state index contributed by atoms with van der Waals surface area (Å²) in [6, 6.07) is 13.3. The molecule has 9 nitrogen and oxygen atoms in total. The molecular weight excluding hydrogens is 516 g/mol. The first-order valence-corrected chi connectivity index (χ1v) is 15.1. The molecule has 3 aromatic rings. The Morgan fingerprint density at radius 2 is 1.90 bits per heavy atom. The lowest BCUT2D eigenvalue weighted by Gasteiger charge is -2.26. The van der Waals surface area contributed by atoms with Crippen LogP contribution >= 0.6 is 0 Å². The van der Waals surface area contributed by atoms with Crippen LogP contribution in [0.2, 0.25) is 0 Å². The first-order chi connectivity index (χ1) is 18.7. The number of aromatic amines is 1. The van der Waals surface area contributed by atoms with Gasteiger partial charge in [0.1, 0.15) is 5.82 Å². The zero-order chi connectivity index (χ0) is 27.6. The number of hydrogen-bond donors (Lipinski definition) is 2. The lowest BCUT2D eigenvalue weighted by molar-refractivity contribution is 0.0564. The van der Waals surface area contributed by atoms with Gasteiger partial charge in [-0.05, 0) is 49.4 Å². The van der Waals surface area contributed by atoms with Gasteiger partial charge in [-0.25, -0.2) is 18.2 Å². The van der Waals surface area contributed by atoms with Crippen molar-refractivity contribution in [3.63, 3.8) is 0 Å². The highest BCUT2D eigenvalue weighted by Crippen LogP contribution is 2.37. The van der Waals surface area contributed by atoms with Crippen LogP contribution in [-0.2, 0) is 27.4 Å². The Bertz CT molecular complexity index is 1460. The predicted molar refractivity (Wildman–Crippen MR) is 150 cm³/mol. The molecule has 0 saturated carbocycles. The standard InChI is InChI=1S/C29H34N4O5S/c1-19(2)39(36,37)18-21-15-24-27(25(34)16-21)23(14-20-6-4-3-5-7-20)28(31-24)22-8-9-30-26(17-22)32-29(35)33-10-12-38-13-11-33/h3-9,17,19,21,31H,10-16,18H2,1-2H3,(H,30,32,35). The van der Waals surface area contributed by atoms with E-state index in [2.05, 4.69) is 15.3 Å². The summed E-state index contributed by atoms with van der Waals surface area (Å²) < 4.78 is 30.6. The summed E-state index contributed by atoms with van der Waals surface area (Å²) in [7, 11) is -3.28. The van der Waals surface area contributed by atoms with Gasteiger partial charge in [-0.2, -0.15) is 0 Å². The van der Waals surface area contributed by atoms with E-state index in [0.29, 0.717) is 50.5 Å². The Kier molecular flexibility index (Phi) is 7.86. The number of ketones is 1. The fraction of sp³-hybridized carbons (Fsp3) is 0.414. The number of benzene rings is 1. The van der Waals surface area contributed by atoms with Crippen molar-refractivity contribution in [3.8, 4) is 11.3 Å². The lowest BCUT2D eigenvalue weighted by atomic mass is 9.84. The van der Waals surface area contributed by atoms with Gasteiger partial charge in [-0.15, -0.1) is 0 Å². The van der Waals surface area contributed by atoms with E-state index < -0.39 is 15.1 Å². The smallest absolute Gasteiger partial charge is 0.323 e. The van der Waals surface area contributed by atoms with Crippen molar-refractivity contribution in [1.29, 1.82) is 0 Å². The van der Waals surface area contributed by atoms with Gasteiger partial charge < -0.3 is 14.6 Å². The number of fused-ring (bicyclic) bond motifs is 1. The Morgan fingerprint density at radius 3 is 2.62 bits per heavy atom. The van der Waals surface area contributed by atoms with E-state index in [-0.39, 0.29) is 29.9 Å². The van der Waals surface area contributed by atoms with Crippen molar-refractivity contribution < 1.29 is 22.7 Å². The van der Waals surface area contributed by atoms with Crippen LogP contribution in [0.1, 0.15) is 47.4 Å². The third-order valence-corrected chi connectivity index (χ3v) is 9.79. The van der Waals surface area contributed by atoms with Crippen LogP contribution in [0.5, 0.6) is 0 Å². The molecule has 5 rings (SSSR count). The summed E-state index contributed by atoms with van der Waals surface area (Å²) in [6.45, 7) is 5.40. The summed E-state index contributed by atoms with van der Waals surface area (Å²) in [5.41, 5.74) is 4.95. The van der Waals surface area contributed by atoms with Crippen LogP contribution in [-0.4, -0.2) is 72.4 Å². The molecule has 2 aliphatic rings. The number of pyridine rings is 1. The minimum absolute atomic E-state index is 0.00873. The molecule has 1 aliphatic carbocycles. The monoisotopic (exact) mass is 550 g/mol. The van der Waals surface area contributed by atoms with E-state index in [4.69, 9.17) is 4.74 Å². The average Bonchev–Trinajstić information content (AvgIpc) is 3.28. The number of anilines is 1. The number of aromatic nitrogens is 2. The van der Waals surface area contributed by atoms with Gasteiger partial charge in [0, 0.05) is 48.9 Å². The highest BCUT2D eigenvalue weighted by Gasteiger charge is 2.34. The number of hydrogen-bond acceptors (Lipinski definition) is 6. The lowest BCUT2D eigenvalue weighted by Crippen LogP contribution is -2.43. The SMILES string of the molecule is CC(C)S(=O)(=O)CC1CC(=O)c2c([nH]c(-c3ccnc(NC(=O)N4CCOCC4)c3)c2Cc2ccccc2)C1. The summed E-state index contributed by atoms with van der Waals surface area (Å²) >= 11 is 0. The second-order valence-electron chi connectivity index (χ2n) is 10.5. The number of ether oxygens (including phenoxy) is 1. The Hall–Kier alpha value is -3.50. The molecule has 1 fully saturated rings. The van der Waals surface area contributed by atoms with Gasteiger partial charge >= 0.3 is 6.03 Å². The molecular formula is C29H34N4O5S. The first kappa shape index (κ1) is 27.1. The maximum atomic E-state index is 13.5. The van der Waals surface area contributed by atoms with E-state index >= 15 is 0 Å². The van der Waals surface area contributed by atoms with E-state index in [1.165, 1.54) is 0 Å². The van der Waals surface area contributed by atoms with Gasteiger partial charge in [0.05, 0.1) is 29.9 Å². The second kappa shape index (κ2) is 11.3. The van der Waals surface area contributed by atoms with Crippen molar-refractivity contribution in [2.45, 2.75) is 38.4 Å². The molecule has 1 aliphatic heterocycles. The summed E-state index contributed by atoms with van der Waals surface area (Å²) in [6.07, 6.45) is 2.87. The van der Waals surface area contributed by atoms with Crippen LogP contribution in [0.3, 0.4) is 0 Å². The fourth-order valence-electron chi connectivity index (χ4n) is 5.28. The number of Topliss-reactive ketones (excluding diaryl/α,β-unsaturated/α-hetero) is 1. The molecule has 1 saturated heterocycles. The summed E-state index contributed by atoms with van der Waals surface area (Å²) in [5.74, 6) is 0.0952.